The maximum atomic E-state index is 12.1. The third-order valence-electron chi connectivity index (χ3n) is 3.15. The molecule has 0 aliphatic rings. The third kappa shape index (κ3) is 4.23. The number of hydrogen-bond donors (Lipinski definition) is 2. The van der Waals surface area contributed by atoms with Gasteiger partial charge in [-0.2, -0.15) is 0 Å². The third-order valence-corrected chi connectivity index (χ3v) is 4.32. The maximum absolute atomic E-state index is 12.1. The largest absolute Gasteiger partial charge is 0.487 e. The Morgan fingerprint density at radius 3 is 2.75 bits per heavy atom. The molecule has 2 N–H and O–H groups in total. The first kappa shape index (κ1) is 17.7. The standard InChI is InChI=1S/C16H19N3O4S/c1-4-23-14(20)12-10(2)15(22-3)24-13(12)19-16(21)18-9-11-7-5-6-8-17-11/h5-8H,4,9H2,1-3H3,(H2,18,19,21). The zero-order valence-electron chi connectivity index (χ0n) is 13.7. The van der Waals surface area contributed by atoms with Crippen LogP contribution in [0, 0.1) is 6.92 Å². The summed E-state index contributed by atoms with van der Waals surface area (Å²) >= 11 is 1.18. The number of thiophene rings is 1. The van der Waals surface area contributed by atoms with Crippen molar-refractivity contribution in [1.82, 2.24) is 10.3 Å². The molecule has 0 aliphatic carbocycles. The zero-order valence-corrected chi connectivity index (χ0v) is 14.5. The van der Waals surface area contributed by atoms with Crippen LogP contribution in [-0.2, 0) is 11.3 Å². The van der Waals surface area contributed by atoms with Crippen molar-refractivity contribution in [2.24, 2.45) is 0 Å². The molecule has 2 rings (SSSR count). The molecule has 0 radical (unpaired) electrons. The van der Waals surface area contributed by atoms with E-state index < -0.39 is 12.0 Å². The highest BCUT2D eigenvalue weighted by Gasteiger charge is 2.24. The molecule has 0 spiro atoms. The van der Waals surface area contributed by atoms with Crippen molar-refractivity contribution in [3.63, 3.8) is 0 Å². The van der Waals surface area contributed by atoms with Gasteiger partial charge in [-0.25, -0.2) is 9.59 Å². The number of esters is 1. The van der Waals surface area contributed by atoms with Crippen molar-refractivity contribution in [2.45, 2.75) is 20.4 Å². The Kier molecular flexibility index (Phi) is 6.14. The van der Waals surface area contributed by atoms with Crippen molar-refractivity contribution < 1.29 is 19.1 Å². The summed E-state index contributed by atoms with van der Waals surface area (Å²) in [4.78, 5) is 28.3. The molecule has 0 aliphatic heterocycles. The number of ether oxygens (including phenoxy) is 2. The molecule has 0 aromatic carbocycles. The predicted molar refractivity (Wildman–Crippen MR) is 91.7 cm³/mol. The number of hydrogen-bond acceptors (Lipinski definition) is 6. The van der Waals surface area contributed by atoms with Crippen LogP contribution in [0.5, 0.6) is 5.06 Å². The van der Waals surface area contributed by atoms with Gasteiger partial charge in [0.25, 0.3) is 0 Å². The number of nitrogens with one attached hydrogen (secondary N) is 2. The van der Waals surface area contributed by atoms with E-state index in [9.17, 15) is 9.59 Å². The summed E-state index contributed by atoms with van der Waals surface area (Å²) in [6.07, 6.45) is 1.65. The van der Waals surface area contributed by atoms with E-state index in [-0.39, 0.29) is 13.2 Å². The van der Waals surface area contributed by atoms with Gasteiger partial charge < -0.3 is 14.8 Å². The summed E-state index contributed by atoms with van der Waals surface area (Å²) in [5, 5.41) is 6.31. The Hall–Kier alpha value is -2.61. The highest BCUT2D eigenvalue weighted by Crippen LogP contribution is 2.39. The van der Waals surface area contributed by atoms with E-state index in [1.165, 1.54) is 18.4 Å². The molecule has 24 heavy (non-hydrogen) atoms. The molecule has 2 amide bonds. The minimum atomic E-state index is -0.491. The zero-order chi connectivity index (χ0) is 17.5. The summed E-state index contributed by atoms with van der Waals surface area (Å²) in [6.45, 7) is 4.01. The first-order valence-electron chi connectivity index (χ1n) is 7.36. The van der Waals surface area contributed by atoms with E-state index in [4.69, 9.17) is 9.47 Å². The summed E-state index contributed by atoms with van der Waals surface area (Å²) in [6, 6.07) is 5.02. The summed E-state index contributed by atoms with van der Waals surface area (Å²) < 4.78 is 10.3. The fourth-order valence-electron chi connectivity index (χ4n) is 2.05. The van der Waals surface area contributed by atoms with E-state index in [2.05, 4.69) is 15.6 Å². The smallest absolute Gasteiger partial charge is 0.341 e. The minimum Gasteiger partial charge on any atom is -0.487 e. The van der Waals surface area contributed by atoms with Crippen molar-refractivity contribution in [3.8, 4) is 5.06 Å². The molecule has 0 saturated heterocycles. The minimum absolute atomic E-state index is 0.252. The molecular formula is C16H19N3O4S. The van der Waals surface area contributed by atoms with E-state index >= 15 is 0 Å². The molecule has 0 unspecified atom stereocenters. The number of aromatic nitrogens is 1. The van der Waals surface area contributed by atoms with Gasteiger partial charge in [-0.1, -0.05) is 17.4 Å². The van der Waals surface area contributed by atoms with Crippen LogP contribution in [0.1, 0.15) is 28.5 Å². The van der Waals surface area contributed by atoms with Gasteiger partial charge in [0.15, 0.2) is 5.06 Å². The van der Waals surface area contributed by atoms with Crippen LogP contribution < -0.4 is 15.4 Å². The Balaban J connectivity index is 2.10. The average molecular weight is 349 g/mol. The number of nitrogens with zero attached hydrogens (tertiary/aromatic N) is 1. The van der Waals surface area contributed by atoms with Gasteiger partial charge in [-0.15, -0.1) is 0 Å². The molecule has 128 valence electrons. The second kappa shape index (κ2) is 8.30. The molecule has 2 aromatic rings. The number of pyridine rings is 1. The van der Waals surface area contributed by atoms with Crippen LogP contribution >= 0.6 is 11.3 Å². The lowest BCUT2D eigenvalue weighted by molar-refractivity contribution is 0.0527. The summed E-state index contributed by atoms with van der Waals surface area (Å²) in [5.41, 5.74) is 1.69. The lowest BCUT2D eigenvalue weighted by atomic mass is 10.2. The van der Waals surface area contributed by atoms with Gasteiger partial charge in [0, 0.05) is 11.8 Å². The van der Waals surface area contributed by atoms with Crippen molar-refractivity contribution in [1.29, 1.82) is 0 Å². The van der Waals surface area contributed by atoms with Gasteiger partial charge in [-0.3, -0.25) is 10.3 Å². The fraction of sp³-hybridized carbons (Fsp3) is 0.312. The van der Waals surface area contributed by atoms with Crippen LogP contribution in [0.15, 0.2) is 24.4 Å². The molecule has 0 atom stereocenters. The molecule has 0 fully saturated rings. The van der Waals surface area contributed by atoms with E-state index in [0.29, 0.717) is 21.2 Å². The lowest BCUT2D eigenvalue weighted by Gasteiger charge is -2.08. The van der Waals surface area contributed by atoms with Crippen molar-refractivity contribution in [3.05, 3.63) is 41.2 Å². The number of rotatable bonds is 6. The molecule has 2 heterocycles. The Bertz CT molecular complexity index is 716. The highest BCUT2D eigenvalue weighted by atomic mass is 32.1. The monoisotopic (exact) mass is 349 g/mol. The number of amides is 2. The summed E-state index contributed by atoms with van der Waals surface area (Å²) in [5.74, 6) is -0.491. The Labute approximate surface area is 144 Å². The molecule has 0 bridgehead atoms. The molecule has 0 saturated carbocycles. The molecule has 8 heteroatoms. The van der Waals surface area contributed by atoms with Crippen LogP contribution in [0.4, 0.5) is 9.80 Å². The molecule has 2 aromatic heterocycles. The van der Waals surface area contributed by atoms with Crippen LogP contribution in [-0.4, -0.2) is 30.7 Å². The summed E-state index contributed by atoms with van der Waals surface area (Å²) in [7, 11) is 1.51. The number of anilines is 1. The van der Waals surface area contributed by atoms with Crippen LogP contribution in [0.3, 0.4) is 0 Å². The quantitative estimate of drug-likeness (QED) is 0.783. The Morgan fingerprint density at radius 2 is 2.12 bits per heavy atom. The van der Waals surface area contributed by atoms with Gasteiger partial charge in [0.05, 0.1) is 26.0 Å². The predicted octanol–water partition coefficient (Wildman–Crippen LogP) is 2.96. The van der Waals surface area contributed by atoms with E-state index in [1.54, 1.807) is 26.1 Å². The van der Waals surface area contributed by atoms with Gasteiger partial charge in [-0.05, 0) is 26.0 Å². The second-order valence-electron chi connectivity index (χ2n) is 4.77. The van der Waals surface area contributed by atoms with Crippen molar-refractivity contribution in [2.75, 3.05) is 19.0 Å². The van der Waals surface area contributed by atoms with Gasteiger partial charge >= 0.3 is 12.0 Å². The lowest BCUT2D eigenvalue weighted by Crippen LogP contribution is -2.28. The maximum Gasteiger partial charge on any atom is 0.341 e. The second-order valence-corrected chi connectivity index (χ2v) is 5.76. The van der Waals surface area contributed by atoms with E-state index in [1.807, 2.05) is 12.1 Å². The van der Waals surface area contributed by atoms with Crippen LogP contribution in [0.2, 0.25) is 0 Å². The fourth-order valence-corrected chi connectivity index (χ4v) is 3.05. The number of carbonyl (C=O) groups excluding carboxylic acids is 2. The molecular weight excluding hydrogens is 330 g/mol. The van der Waals surface area contributed by atoms with Gasteiger partial charge in [0.2, 0.25) is 0 Å². The molecule has 7 nitrogen and oxygen atoms in total. The average Bonchev–Trinajstić information content (AvgIpc) is 2.89. The number of methoxy groups -OCH3 is 1. The van der Waals surface area contributed by atoms with Gasteiger partial charge in [0.1, 0.15) is 10.6 Å². The Morgan fingerprint density at radius 1 is 1.33 bits per heavy atom. The van der Waals surface area contributed by atoms with E-state index in [0.717, 1.165) is 5.69 Å². The first-order chi connectivity index (χ1) is 11.6. The highest BCUT2D eigenvalue weighted by molar-refractivity contribution is 7.18. The topological polar surface area (TPSA) is 89.5 Å². The first-order valence-corrected chi connectivity index (χ1v) is 8.17. The number of urea groups is 1. The number of carbonyl (C=O) groups is 2. The SMILES string of the molecule is CCOC(=O)c1c(NC(=O)NCc2ccccn2)sc(OC)c1C. The normalized spacial score (nSPS) is 10.1. The van der Waals surface area contributed by atoms with Crippen molar-refractivity contribution >= 4 is 28.3 Å². The van der Waals surface area contributed by atoms with Crippen LogP contribution in [0.25, 0.3) is 0 Å².